The summed E-state index contributed by atoms with van der Waals surface area (Å²) in [7, 11) is 0. The minimum absolute atomic E-state index is 0.0909. The Balaban J connectivity index is 1.45. The molecular weight excluding hydrogens is 384 g/mol. The zero-order valence-electron chi connectivity index (χ0n) is 16.4. The van der Waals surface area contributed by atoms with Crippen LogP contribution >= 0.6 is 0 Å². The second-order valence-electron chi connectivity index (χ2n) is 7.46. The van der Waals surface area contributed by atoms with Crippen LogP contribution in [-0.4, -0.2) is 46.4 Å². The van der Waals surface area contributed by atoms with Gasteiger partial charge in [0.1, 0.15) is 17.5 Å². The number of hydrogen-bond acceptors (Lipinski definition) is 6. The van der Waals surface area contributed by atoms with Gasteiger partial charge in [-0.15, -0.1) is 5.10 Å². The molecule has 1 saturated heterocycles. The summed E-state index contributed by atoms with van der Waals surface area (Å²) in [5, 5.41) is 14.0. The number of tetrazole rings is 1. The molecule has 3 aromatic heterocycles. The molecule has 10 nitrogen and oxygen atoms in total. The Morgan fingerprint density at radius 1 is 1.13 bits per heavy atom. The van der Waals surface area contributed by atoms with Crippen molar-refractivity contribution < 1.29 is 9.59 Å². The van der Waals surface area contributed by atoms with E-state index in [-0.39, 0.29) is 12.5 Å². The summed E-state index contributed by atoms with van der Waals surface area (Å²) in [6.07, 6.45) is 5.25. The van der Waals surface area contributed by atoms with Crippen molar-refractivity contribution in [1.82, 2.24) is 39.8 Å². The van der Waals surface area contributed by atoms with Gasteiger partial charge in [0, 0.05) is 12.4 Å². The second kappa shape index (κ2) is 6.48. The van der Waals surface area contributed by atoms with Crippen molar-refractivity contribution in [3.63, 3.8) is 0 Å². The molecule has 0 unspecified atom stereocenters. The van der Waals surface area contributed by atoms with Crippen molar-refractivity contribution in [3.05, 3.63) is 71.9 Å². The van der Waals surface area contributed by atoms with E-state index < -0.39 is 11.6 Å². The summed E-state index contributed by atoms with van der Waals surface area (Å²) in [5.74, 6) is -0.338. The number of urea groups is 1. The minimum Gasteiger partial charge on any atom is -0.319 e. The molecule has 1 aliphatic rings. The molecule has 10 heteroatoms. The SMILES string of the molecule is Cc1ccc2nc(CN3C(=O)N[C@@](C)(c4cccc(-n5cnnn5)c4)C3=O)cn2c1. The maximum atomic E-state index is 13.3. The molecule has 0 bridgehead atoms. The number of imide groups is 1. The fourth-order valence-corrected chi connectivity index (χ4v) is 3.67. The third kappa shape index (κ3) is 2.81. The number of aromatic nitrogens is 6. The molecule has 1 fully saturated rings. The van der Waals surface area contributed by atoms with Crippen LogP contribution in [0.5, 0.6) is 0 Å². The lowest BCUT2D eigenvalue weighted by Crippen LogP contribution is -2.40. The highest BCUT2D eigenvalue weighted by Crippen LogP contribution is 2.30. The van der Waals surface area contributed by atoms with Crippen LogP contribution in [0.1, 0.15) is 23.7 Å². The van der Waals surface area contributed by atoms with Gasteiger partial charge in [0.05, 0.1) is 17.9 Å². The lowest BCUT2D eigenvalue weighted by molar-refractivity contribution is -0.131. The van der Waals surface area contributed by atoms with Crippen LogP contribution in [0, 0.1) is 6.92 Å². The normalized spacial score (nSPS) is 18.9. The van der Waals surface area contributed by atoms with Gasteiger partial charge in [-0.2, -0.15) is 0 Å². The smallest absolute Gasteiger partial charge is 0.319 e. The molecule has 1 aliphatic heterocycles. The molecule has 150 valence electrons. The highest BCUT2D eigenvalue weighted by Gasteiger charge is 2.49. The molecule has 4 aromatic rings. The number of imidazole rings is 1. The van der Waals surface area contributed by atoms with Crippen molar-refractivity contribution in [3.8, 4) is 5.69 Å². The average molecular weight is 402 g/mol. The molecule has 3 amide bonds. The Labute approximate surface area is 171 Å². The van der Waals surface area contributed by atoms with E-state index in [1.54, 1.807) is 25.1 Å². The fraction of sp³-hybridized carbons (Fsp3) is 0.200. The number of nitrogens with zero attached hydrogens (tertiary/aromatic N) is 7. The molecule has 1 N–H and O–H groups in total. The largest absolute Gasteiger partial charge is 0.325 e. The number of hydrogen-bond donors (Lipinski definition) is 1. The van der Waals surface area contributed by atoms with E-state index in [2.05, 4.69) is 25.8 Å². The minimum atomic E-state index is -1.20. The topological polar surface area (TPSA) is 110 Å². The number of rotatable bonds is 4. The van der Waals surface area contributed by atoms with Crippen LogP contribution in [0.3, 0.4) is 0 Å². The molecule has 0 aliphatic carbocycles. The van der Waals surface area contributed by atoms with Crippen molar-refractivity contribution in [2.45, 2.75) is 25.9 Å². The van der Waals surface area contributed by atoms with Crippen LogP contribution in [0.2, 0.25) is 0 Å². The van der Waals surface area contributed by atoms with Crippen molar-refractivity contribution in [2.24, 2.45) is 0 Å². The summed E-state index contributed by atoms with van der Waals surface area (Å²) < 4.78 is 3.38. The number of fused-ring (bicyclic) bond motifs is 1. The lowest BCUT2D eigenvalue weighted by atomic mass is 9.91. The predicted octanol–water partition coefficient (Wildman–Crippen LogP) is 1.59. The first-order chi connectivity index (χ1) is 14.4. The molecule has 0 spiro atoms. The number of nitrogens with one attached hydrogen (secondary N) is 1. The van der Waals surface area contributed by atoms with Gasteiger partial charge in [-0.05, 0) is 53.6 Å². The van der Waals surface area contributed by atoms with Gasteiger partial charge in [-0.1, -0.05) is 18.2 Å². The molecule has 4 heterocycles. The van der Waals surface area contributed by atoms with E-state index in [4.69, 9.17) is 0 Å². The van der Waals surface area contributed by atoms with Crippen molar-refractivity contribution >= 4 is 17.6 Å². The Hall–Kier alpha value is -4.08. The summed E-state index contributed by atoms with van der Waals surface area (Å²) in [5.41, 5.74) is 2.63. The van der Waals surface area contributed by atoms with Crippen LogP contribution in [-0.2, 0) is 16.9 Å². The van der Waals surface area contributed by atoms with E-state index in [0.29, 0.717) is 16.9 Å². The number of carbonyl (C=O) groups is 2. The van der Waals surface area contributed by atoms with E-state index in [1.807, 2.05) is 41.9 Å². The van der Waals surface area contributed by atoms with Crippen LogP contribution in [0.15, 0.2) is 55.1 Å². The summed E-state index contributed by atoms with van der Waals surface area (Å²) in [6.45, 7) is 3.78. The predicted molar refractivity (Wildman–Crippen MR) is 106 cm³/mol. The lowest BCUT2D eigenvalue weighted by Gasteiger charge is -2.22. The number of aryl methyl sites for hydroxylation is 1. The van der Waals surface area contributed by atoms with Gasteiger partial charge < -0.3 is 9.72 Å². The molecule has 5 rings (SSSR count). The molecule has 0 radical (unpaired) electrons. The standard InChI is InChI=1S/C20H18N8O2/c1-13-6-7-17-22-15(10-26(17)9-13)11-27-18(29)20(2,23-19(27)30)14-4-3-5-16(8-14)28-12-21-24-25-28/h3-10,12H,11H2,1-2H3,(H,23,30)/t20-/m0/s1. The number of carbonyl (C=O) groups excluding carboxylic acids is 2. The second-order valence-corrected chi connectivity index (χ2v) is 7.46. The van der Waals surface area contributed by atoms with Gasteiger partial charge in [0.15, 0.2) is 0 Å². The number of benzene rings is 1. The summed E-state index contributed by atoms with van der Waals surface area (Å²) >= 11 is 0. The zero-order valence-corrected chi connectivity index (χ0v) is 16.4. The maximum absolute atomic E-state index is 13.3. The van der Waals surface area contributed by atoms with E-state index in [0.717, 1.165) is 11.2 Å². The van der Waals surface area contributed by atoms with Gasteiger partial charge in [0.25, 0.3) is 5.91 Å². The first-order valence-corrected chi connectivity index (χ1v) is 9.36. The molecular formula is C20H18N8O2. The summed E-state index contributed by atoms with van der Waals surface area (Å²) in [6, 6.07) is 10.6. The maximum Gasteiger partial charge on any atom is 0.325 e. The Morgan fingerprint density at radius 2 is 2.00 bits per heavy atom. The Bertz CT molecular complexity index is 1280. The van der Waals surface area contributed by atoms with E-state index in [9.17, 15) is 9.59 Å². The van der Waals surface area contributed by atoms with Gasteiger partial charge in [0.2, 0.25) is 0 Å². The fourth-order valence-electron chi connectivity index (χ4n) is 3.67. The molecule has 1 aromatic carbocycles. The zero-order chi connectivity index (χ0) is 20.9. The highest BCUT2D eigenvalue weighted by atomic mass is 16.2. The Kier molecular flexibility index (Phi) is 3.88. The van der Waals surface area contributed by atoms with Crippen LogP contribution in [0.4, 0.5) is 4.79 Å². The summed E-state index contributed by atoms with van der Waals surface area (Å²) in [4.78, 5) is 31.7. The Morgan fingerprint density at radius 3 is 2.80 bits per heavy atom. The van der Waals surface area contributed by atoms with E-state index >= 15 is 0 Å². The van der Waals surface area contributed by atoms with Gasteiger partial charge >= 0.3 is 6.03 Å². The van der Waals surface area contributed by atoms with Crippen LogP contribution < -0.4 is 5.32 Å². The van der Waals surface area contributed by atoms with E-state index in [1.165, 1.54) is 15.9 Å². The average Bonchev–Trinajstić information content (AvgIpc) is 3.44. The quantitative estimate of drug-likeness (QED) is 0.519. The number of amides is 3. The third-order valence-electron chi connectivity index (χ3n) is 5.28. The number of pyridine rings is 1. The third-order valence-corrected chi connectivity index (χ3v) is 5.28. The monoisotopic (exact) mass is 402 g/mol. The van der Waals surface area contributed by atoms with Crippen molar-refractivity contribution in [1.29, 1.82) is 0 Å². The molecule has 0 saturated carbocycles. The van der Waals surface area contributed by atoms with Gasteiger partial charge in [-0.3, -0.25) is 9.69 Å². The van der Waals surface area contributed by atoms with Crippen LogP contribution in [0.25, 0.3) is 11.3 Å². The first-order valence-electron chi connectivity index (χ1n) is 9.36. The molecule has 30 heavy (non-hydrogen) atoms. The highest BCUT2D eigenvalue weighted by molar-refractivity contribution is 6.07. The van der Waals surface area contributed by atoms with Gasteiger partial charge in [-0.25, -0.2) is 14.5 Å². The first kappa shape index (κ1) is 18.0. The van der Waals surface area contributed by atoms with Crippen molar-refractivity contribution in [2.75, 3.05) is 0 Å². The molecule has 1 atom stereocenters.